The minimum Gasteiger partial charge on any atom is -0.462 e. The maximum Gasteiger partial charge on any atom is 0.340 e. The van der Waals surface area contributed by atoms with Crippen molar-refractivity contribution in [3.63, 3.8) is 0 Å². The zero-order chi connectivity index (χ0) is 17.5. The fourth-order valence-corrected chi connectivity index (χ4v) is 3.10. The predicted octanol–water partition coefficient (Wildman–Crippen LogP) is 3.60. The van der Waals surface area contributed by atoms with Crippen LogP contribution in [-0.2, 0) is 10.5 Å². The molecule has 6 heteroatoms. The molecule has 1 aromatic heterocycles. The van der Waals surface area contributed by atoms with Gasteiger partial charge in [0.2, 0.25) is 0 Å². The summed E-state index contributed by atoms with van der Waals surface area (Å²) >= 11 is 1.37. The van der Waals surface area contributed by atoms with Gasteiger partial charge in [-0.25, -0.2) is 9.78 Å². The summed E-state index contributed by atoms with van der Waals surface area (Å²) in [7, 11) is 0. The second kappa shape index (κ2) is 8.14. The standard InChI is InChI=1S/C18H15N3O2S/c1-3-23-18(22)16-8-15(10-20)17(21-12(16)2)24-11-14-7-5-4-6-13(14)9-19/h4-8H,3,11H2,1-2H3. The molecule has 24 heavy (non-hydrogen) atoms. The second-order valence-electron chi connectivity index (χ2n) is 4.86. The first kappa shape index (κ1) is 17.5. The summed E-state index contributed by atoms with van der Waals surface area (Å²) in [5.74, 6) is 0.0363. The molecule has 0 saturated heterocycles. The Morgan fingerprint density at radius 2 is 1.96 bits per heavy atom. The van der Waals surface area contributed by atoms with E-state index in [0.29, 0.717) is 33.2 Å². The van der Waals surface area contributed by atoms with Crippen LogP contribution in [0, 0.1) is 29.6 Å². The van der Waals surface area contributed by atoms with Crippen LogP contribution in [0.3, 0.4) is 0 Å². The highest BCUT2D eigenvalue weighted by Crippen LogP contribution is 2.27. The largest absolute Gasteiger partial charge is 0.462 e. The smallest absolute Gasteiger partial charge is 0.340 e. The van der Waals surface area contributed by atoms with Gasteiger partial charge in [-0.1, -0.05) is 18.2 Å². The Hall–Kier alpha value is -2.83. The third-order valence-electron chi connectivity index (χ3n) is 3.30. The van der Waals surface area contributed by atoms with E-state index >= 15 is 0 Å². The summed E-state index contributed by atoms with van der Waals surface area (Å²) in [5, 5.41) is 19.0. The number of esters is 1. The third-order valence-corrected chi connectivity index (χ3v) is 4.34. The van der Waals surface area contributed by atoms with Crippen LogP contribution in [0.15, 0.2) is 35.4 Å². The van der Waals surface area contributed by atoms with Crippen molar-refractivity contribution in [2.24, 2.45) is 0 Å². The summed E-state index contributed by atoms with van der Waals surface area (Å²) in [5.41, 5.74) is 2.62. The fourth-order valence-electron chi connectivity index (χ4n) is 2.09. The van der Waals surface area contributed by atoms with E-state index in [1.165, 1.54) is 17.8 Å². The Balaban J connectivity index is 2.28. The Kier molecular flexibility index (Phi) is 5.95. The number of ether oxygens (including phenoxy) is 1. The number of nitriles is 2. The average molecular weight is 337 g/mol. The number of benzene rings is 1. The van der Waals surface area contributed by atoms with E-state index < -0.39 is 5.97 Å². The zero-order valence-electron chi connectivity index (χ0n) is 13.4. The molecule has 1 heterocycles. The molecule has 5 nitrogen and oxygen atoms in total. The summed E-state index contributed by atoms with van der Waals surface area (Å²) in [6, 6.07) is 13.0. The van der Waals surface area contributed by atoms with Crippen LogP contribution in [0.5, 0.6) is 0 Å². The van der Waals surface area contributed by atoms with Crippen LogP contribution < -0.4 is 0 Å². The van der Waals surface area contributed by atoms with Gasteiger partial charge in [-0.05, 0) is 31.5 Å². The molecule has 0 aliphatic rings. The number of hydrogen-bond donors (Lipinski definition) is 0. The van der Waals surface area contributed by atoms with Gasteiger partial charge >= 0.3 is 5.97 Å². The molecule has 1 aromatic carbocycles. The van der Waals surface area contributed by atoms with Crippen LogP contribution in [0.25, 0.3) is 0 Å². The summed E-state index contributed by atoms with van der Waals surface area (Å²) in [4.78, 5) is 16.3. The van der Waals surface area contributed by atoms with Gasteiger partial charge in [0.25, 0.3) is 0 Å². The van der Waals surface area contributed by atoms with E-state index in [2.05, 4.69) is 17.1 Å². The monoisotopic (exact) mass is 337 g/mol. The van der Waals surface area contributed by atoms with Crippen molar-refractivity contribution in [3.05, 3.63) is 58.3 Å². The number of carbonyl (C=O) groups excluding carboxylic acids is 1. The molecule has 0 aliphatic heterocycles. The molecular weight excluding hydrogens is 322 g/mol. The Bertz CT molecular complexity index is 850. The number of aryl methyl sites for hydroxylation is 1. The highest BCUT2D eigenvalue weighted by atomic mass is 32.2. The quantitative estimate of drug-likeness (QED) is 0.612. The number of nitrogens with zero attached hydrogens (tertiary/aromatic N) is 3. The van der Waals surface area contributed by atoms with Crippen molar-refractivity contribution in [1.82, 2.24) is 4.98 Å². The molecular formula is C18H15N3O2S. The summed E-state index contributed by atoms with van der Waals surface area (Å²) < 4.78 is 4.98. The number of carbonyl (C=O) groups is 1. The fraction of sp³-hybridized carbons (Fsp3) is 0.222. The Morgan fingerprint density at radius 3 is 2.62 bits per heavy atom. The molecule has 0 saturated carbocycles. The highest BCUT2D eigenvalue weighted by Gasteiger charge is 2.16. The third kappa shape index (κ3) is 3.92. The summed E-state index contributed by atoms with van der Waals surface area (Å²) in [6.45, 7) is 3.70. The predicted molar refractivity (Wildman–Crippen MR) is 90.4 cm³/mol. The molecule has 2 rings (SSSR count). The lowest BCUT2D eigenvalue weighted by atomic mass is 10.1. The molecule has 0 N–H and O–H groups in total. The van der Waals surface area contributed by atoms with Crippen LogP contribution >= 0.6 is 11.8 Å². The number of thioether (sulfide) groups is 1. The van der Waals surface area contributed by atoms with Crippen molar-refractivity contribution >= 4 is 17.7 Å². The van der Waals surface area contributed by atoms with Crippen molar-refractivity contribution in [2.45, 2.75) is 24.6 Å². The first-order valence-electron chi connectivity index (χ1n) is 7.30. The van der Waals surface area contributed by atoms with E-state index in [0.717, 1.165) is 5.56 Å². The number of pyridine rings is 1. The molecule has 0 atom stereocenters. The SMILES string of the molecule is CCOC(=O)c1cc(C#N)c(SCc2ccccc2C#N)nc1C. The van der Waals surface area contributed by atoms with Crippen LogP contribution in [-0.4, -0.2) is 17.6 Å². The van der Waals surface area contributed by atoms with Crippen molar-refractivity contribution in [1.29, 1.82) is 10.5 Å². The second-order valence-corrected chi connectivity index (χ2v) is 5.83. The lowest BCUT2D eigenvalue weighted by Gasteiger charge is -2.09. The number of rotatable bonds is 5. The Labute approximate surface area is 144 Å². The van der Waals surface area contributed by atoms with Crippen molar-refractivity contribution in [2.75, 3.05) is 6.61 Å². The van der Waals surface area contributed by atoms with E-state index in [4.69, 9.17) is 10.00 Å². The van der Waals surface area contributed by atoms with Gasteiger partial charge < -0.3 is 4.74 Å². The van der Waals surface area contributed by atoms with Gasteiger partial charge in [-0.15, -0.1) is 11.8 Å². The normalized spacial score (nSPS) is 9.83. The minimum atomic E-state index is -0.481. The van der Waals surface area contributed by atoms with E-state index in [9.17, 15) is 10.1 Å². The molecule has 0 aliphatic carbocycles. The Morgan fingerprint density at radius 1 is 1.25 bits per heavy atom. The first-order valence-corrected chi connectivity index (χ1v) is 8.29. The highest BCUT2D eigenvalue weighted by molar-refractivity contribution is 7.98. The molecule has 120 valence electrons. The first-order chi connectivity index (χ1) is 11.6. The topological polar surface area (TPSA) is 86.8 Å². The molecule has 0 amide bonds. The van der Waals surface area contributed by atoms with E-state index in [1.807, 2.05) is 18.2 Å². The maximum absolute atomic E-state index is 11.9. The van der Waals surface area contributed by atoms with Crippen molar-refractivity contribution < 1.29 is 9.53 Å². The van der Waals surface area contributed by atoms with Gasteiger partial charge in [0.05, 0.1) is 35.1 Å². The van der Waals surface area contributed by atoms with Crippen molar-refractivity contribution in [3.8, 4) is 12.1 Å². The van der Waals surface area contributed by atoms with Gasteiger partial charge in [-0.3, -0.25) is 0 Å². The zero-order valence-corrected chi connectivity index (χ0v) is 14.2. The van der Waals surface area contributed by atoms with Gasteiger partial charge in [0, 0.05) is 5.75 Å². The molecule has 0 bridgehead atoms. The van der Waals surface area contributed by atoms with Crippen LogP contribution in [0.1, 0.15) is 39.7 Å². The number of aromatic nitrogens is 1. The van der Waals surface area contributed by atoms with Crippen LogP contribution in [0.2, 0.25) is 0 Å². The van der Waals surface area contributed by atoms with E-state index in [-0.39, 0.29) is 6.61 Å². The summed E-state index contributed by atoms with van der Waals surface area (Å²) in [6.07, 6.45) is 0. The lowest BCUT2D eigenvalue weighted by molar-refractivity contribution is 0.0524. The molecule has 2 aromatic rings. The van der Waals surface area contributed by atoms with E-state index in [1.54, 1.807) is 19.9 Å². The minimum absolute atomic E-state index is 0.265. The van der Waals surface area contributed by atoms with Gasteiger partial charge in [0.15, 0.2) is 0 Å². The molecule has 0 spiro atoms. The van der Waals surface area contributed by atoms with Gasteiger partial charge in [0.1, 0.15) is 11.1 Å². The maximum atomic E-state index is 11.9. The molecule has 0 unspecified atom stereocenters. The molecule has 0 radical (unpaired) electrons. The number of hydrogen-bond acceptors (Lipinski definition) is 6. The average Bonchev–Trinajstić information content (AvgIpc) is 2.60. The lowest BCUT2D eigenvalue weighted by Crippen LogP contribution is -2.09. The molecule has 0 fully saturated rings. The van der Waals surface area contributed by atoms with Crippen LogP contribution in [0.4, 0.5) is 0 Å². The van der Waals surface area contributed by atoms with Gasteiger partial charge in [-0.2, -0.15) is 10.5 Å².